The quantitative estimate of drug-likeness (QED) is 0.799. The van der Waals surface area contributed by atoms with Gasteiger partial charge < -0.3 is 10.6 Å². The fraction of sp³-hybridized carbons (Fsp3) is 0.286. The van der Waals surface area contributed by atoms with Crippen LogP contribution in [0.5, 0.6) is 0 Å². The molecule has 1 saturated heterocycles. The lowest BCUT2D eigenvalue weighted by molar-refractivity contribution is -0.130. The molecule has 0 spiro atoms. The Morgan fingerprint density at radius 2 is 1.81 bits per heavy atom. The van der Waals surface area contributed by atoms with Gasteiger partial charge in [-0.05, 0) is 54.7 Å². The minimum atomic E-state index is -0.756. The molecule has 3 rings (SSSR count). The van der Waals surface area contributed by atoms with Gasteiger partial charge in [0, 0.05) is 5.69 Å². The summed E-state index contributed by atoms with van der Waals surface area (Å²) >= 11 is 0. The number of urea groups is 1. The van der Waals surface area contributed by atoms with Crippen molar-refractivity contribution in [3.8, 4) is 0 Å². The molecule has 2 N–H and O–H groups in total. The van der Waals surface area contributed by atoms with E-state index in [1.807, 2.05) is 56.3 Å². The molecular formula is C21H23N3O3. The number of nitrogens with zero attached hydrogens (tertiary/aromatic N) is 1. The van der Waals surface area contributed by atoms with Crippen LogP contribution >= 0.6 is 0 Å². The third kappa shape index (κ3) is 3.84. The second kappa shape index (κ2) is 7.61. The van der Waals surface area contributed by atoms with Crippen molar-refractivity contribution >= 4 is 23.5 Å². The summed E-state index contributed by atoms with van der Waals surface area (Å²) in [6.45, 7) is 5.60. The summed E-state index contributed by atoms with van der Waals surface area (Å²) in [6, 6.07) is 11.8. The van der Waals surface area contributed by atoms with E-state index in [1.165, 1.54) is 5.56 Å². The van der Waals surface area contributed by atoms with Crippen molar-refractivity contribution in [2.24, 2.45) is 0 Å². The Labute approximate surface area is 158 Å². The van der Waals surface area contributed by atoms with Crippen molar-refractivity contribution in [3.05, 3.63) is 64.7 Å². The summed E-state index contributed by atoms with van der Waals surface area (Å²) in [6.07, 6.45) is 0.913. The molecule has 1 atom stereocenters. The Hall–Kier alpha value is -3.15. The average molecular weight is 365 g/mol. The fourth-order valence-corrected chi connectivity index (χ4v) is 3.13. The maximum absolute atomic E-state index is 12.7. The third-order valence-electron chi connectivity index (χ3n) is 4.93. The lowest BCUT2D eigenvalue weighted by Gasteiger charge is -2.15. The summed E-state index contributed by atoms with van der Waals surface area (Å²) in [5, 5.41) is 5.40. The first-order chi connectivity index (χ1) is 12.9. The SMILES string of the molecule is CCc1ccc(NC(=O)CN2C(=O)NC(c3cccc(C)c3C)C2=O)cc1. The standard InChI is InChI=1S/C21H23N3O3/c1-4-15-8-10-16(11-9-15)22-18(25)12-24-20(26)19(23-21(24)27)17-7-5-6-13(2)14(17)3/h5-11,19H,4,12H2,1-3H3,(H,22,25)(H,23,27). The van der Waals surface area contributed by atoms with Gasteiger partial charge in [0.2, 0.25) is 5.91 Å². The summed E-state index contributed by atoms with van der Waals surface area (Å²) in [5.74, 6) is -0.824. The number of hydrogen-bond acceptors (Lipinski definition) is 3. The minimum Gasteiger partial charge on any atom is -0.325 e. The number of imide groups is 1. The minimum absolute atomic E-state index is 0.318. The average Bonchev–Trinajstić information content (AvgIpc) is 2.92. The maximum Gasteiger partial charge on any atom is 0.325 e. The van der Waals surface area contributed by atoms with E-state index in [0.29, 0.717) is 5.69 Å². The number of nitrogens with one attached hydrogen (secondary N) is 2. The van der Waals surface area contributed by atoms with Gasteiger partial charge in [-0.2, -0.15) is 0 Å². The Morgan fingerprint density at radius 1 is 1.11 bits per heavy atom. The Kier molecular flexibility index (Phi) is 5.26. The van der Waals surface area contributed by atoms with Crippen molar-refractivity contribution in [3.63, 3.8) is 0 Å². The highest BCUT2D eigenvalue weighted by molar-refractivity contribution is 6.08. The van der Waals surface area contributed by atoms with Gasteiger partial charge in [0.1, 0.15) is 12.6 Å². The van der Waals surface area contributed by atoms with Gasteiger partial charge in [0.05, 0.1) is 0 Å². The molecule has 0 aliphatic carbocycles. The molecule has 2 aromatic carbocycles. The van der Waals surface area contributed by atoms with Gasteiger partial charge in [0.25, 0.3) is 5.91 Å². The number of rotatable bonds is 5. The number of carbonyl (C=O) groups is 3. The third-order valence-corrected chi connectivity index (χ3v) is 4.93. The van der Waals surface area contributed by atoms with Crippen molar-refractivity contribution in [2.75, 3.05) is 11.9 Å². The first kappa shape index (κ1) is 18.6. The number of benzene rings is 2. The van der Waals surface area contributed by atoms with E-state index in [9.17, 15) is 14.4 Å². The molecule has 1 heterocycles. The first-order valence-corrected chi connectivity index (χ1v) is 8.97. The Morgan fingerprint density at radius 3 is 2.48 bits per heavy atom. The predicted molar refractivity (Wildman–Crippen MR) is 103 cm³/mol. The second-order valence-electron chi connectivity index (χ2n) is 6.69. The fourth-order valence-electron chi connectivity index (χ4n) is 3.13. The van der Waals surface area contributed by atoms with Gasteiger partial charge in [-0.25, -0.2) is 4.79 Å². The van der Waals surface area contributed by atoms with Crippen molar-refractivity contribution in [1.29, 1.82) is 0 Å². The van der Waals surface area contributed by atoms with Gasteiger partial charge in [-0.1, -0.05) is 37.3 Å². The summed E-state index contributed by atoms with van der Waals surface area (Å²) in [5.41, 5.74) is 4.56. The zero-order valence-electron chi connectivity index (χ0n) is 15.7. The maximum atomic E-state index is 12.7. The number of aryl methyl sites for hydroxylation is 2. The van der Waals surface area contributed by atoms with Crippen molar-refractivity contribution in [2.45, 2.75) is 33.2 Å². The molecule has 140 valence electrons. The Bertz CT molecular complexity index is 890. The van der Waals surface area contributed by atoms with Crippen molar-refractivity contribution < 1.29 is 14.4 Å². The van der Waals surface area contributed by atoms with E-state index >= 15 is 0 Å². The monoisotopic (exact) mass is 365 g/mol. The van der Waals surface area contributed by atoms with Gasteiger partial charge >= 0.3 is 6.03 Å². The first-order valence-electron chi connectivity index (χ1n) is 8.97. The molecule has 0 bridgehead atoms. The normalized spacial score (nSPS) is 16.4. The molecule has 0 saturated carbocycles. The van der Waals surface area contributed by atoms with Crippen LogP contribution in [0, 0.1) is 13.8 Å². The highest BCUT2D eigenvalue weighted by atomic mass is 16.2. The van der Waals surface area contributed by atoms with Crippen LogP contribution < -0.4 is 10.6 Å². The molecule has 1 fully saturated rings. The second-order valence-corrected chi connectivity index (χ2v) is 6.69. The van der Waals surface area contributed by atoms with Gasteiger partial charge in [-0.3, -0.25) is 14.5 Å². The zero-order chi connectivity index (χ0) is 19.6. The highest BCUT2D eigenvalue weighted by Crippen LogP contribution is 2.26. The summed E-state index contributed by atoms with van der Waals surface area (Å²) < 4.78 is 0. The number of hydrogen-bond donors (Lipinski definition) is 2. The lowest BCUT2D eigenvalue weighted by Crippen LogP contribution is -2.38. The zero-order valence-corrected chi connectivity index (χ0v) is 15.7. The van der Waals surface area contributed by atoms with Crippen molar-refractivity contribution in [1.82, 2.24) is 10.2 Å². The molecule has 6 heteroatoms. The van der Waals surface area contributed by atoms with E-state index in [-0.39, 0.29) is 6.54 Å². The number of carbonyl (C=O) groups excluding carboxylic acids is 3. The smallest absolute Gasteiger partial charge is 0.325 e. The van der Waals surface area contributed by atoms with Crippen LogP contribution in [0.4, 0.5) is 10.5 Å². The Balaban J connectivity index is 1.69. The molecule has 1 unspecified atom stereocenters. The molecule has 0 aromatic heterocycles. The van der Waals surface area contributed by atoms with Gasteiger partial charge in [0.15, 0.2) is 0 Å². The van der Waals surface area contributed by atoms with E-state index in [0.717, 1.165) is 28.0 Å². The summed E-state index contributed by atoms with van der Waals surface area (Å²) in [4.78, 5) is 38.2. The molecule has 4 amide bonds. The van der Waals surface area contributed by atoms with Crippen LogP contribution in [-0.2, 0) is 16.0 Å². The lowest BCUT2D eigenvalue weighted by atomic mass is 9.97. The van der Waals surface area contributed by atoms with Crippen LogP contribution in [0.1, 0.15) is 35.2 Å². The molecule has 2 aromatic rings. The van der Waals surface area contributed by atoms with Crippen LogP contribution in [0.25, 0.3) is 0 Å². The van der Waals surface area contributed by atoms with Crippen LogP contribution in [0.3, 0.4) is 0 Å². The molecule has 0 radical (unpaired) electrons. The molecular weight excluding hydrogens is 342 g/mol. The van der Waals surface area contributed by atoms with E-state index in [4.69, 9.17) is 0 Å². The molecule has 6 nitrogen and oxygen atoms in total. The number of amides is 4. The largest absolute Gasteiger partial charge is 0.325 e. The summed E-state index contributed by atoms with van der Waals surface area (Å²) in [7, 11) is 0. The van der Waals surface area contributed by atoms with Gasteiger partial charge in [-0.15, -0.1) is 0 Å². The number of anilines is 1. The molecule has 1 aliphatic heterocycles. The predicted octanol–water partition coefficient (Wildman–Crippen LogP) is 3.10. The molecule has 27 heavy (non-hydrogen) atoms. The van der Waals surface area contributed by atoms with E-state index in [1.54, 1.807) is 0 Å². The molecule has 1 aliphatic rings. The van der Waals surface area contributed by atoms with Crippen LogP contribution in [0.15, 0.2) is 42.5 Å². The van der Waals surface area contributed by atoms with Crippen LogP contribution in [-0.4, -0.2) is 29.3 Å². The highest BCUT2D eigenvalue weighted by Gasteiger charge is 2.40. The topological polar surface area (TPSA) is 78.5 Å². The van der Waals surface area contributed by atoms with Crippen LogP contribution in [0.2, 0.25) is 0 Å². The van der Waals surface area contributed by atoms with E-state index < -0.39 is 23.9 Å². The van der Waals surface area contributed by atoms with E-state index in [2.05, 4.69) is 17.6 Å².